The van der Waals surface area contributed by atoms with Crippen LogP contribution in [0.1, 0.15) is 5.56 Å². The van der Waals surface area contributed by atoms with Crippen molar-refractivity contribution in [1.29, 1.82) is 0 Å². The Morgan fingerprint density at radius 3 is 2.33 bits per heavy atom. The molecular formula is C15H14F3N3O6. The summed E-state index contributed by atoms with van der Waals surface area (Å²) in [6, 6.07) is 5.58. The minimum Gasteiger partial charge on any atom is -0.495 e. The summed E-state index contributed by atoms with van der Waals surface area (Å²) >= 11 is 0. The molecule has 1 heterocycles. The van der Waals surface area contributed by atoms with Gasteiger partial charge in [0.25, 0.3) is 11.2 Å². The van der Waals surface area contributed by atoms with Crippen molar-refractivity contribution >= 4 is 11.8 Å². The molecule has 1 aromatic carbocycles. The third-order valence-corrected chi connectivity index (χ3v) is 3.73. The van der Waals surface area contributed by atoms with E-state index in [2.05, 4.69) is 4.74 Å². The van der Waals surface area contributed by atoms with Crippen molar-refractivity contribution in [2.24, 2.45) is 0 Å². The van der Waals surface area contributed by atoms with Gasteiger partial charge >= 0.3 is 17.8 Å². The minimum atomic E-state index is -5.68. The second kappa shape index (κ2) is 6.79. The number of alkyl halides is 3. The van der Waals surface area contributed by atoms with Crippen LogP contribution in [0.3, 0.4) is 0 Å². The number of benzene rings is 1. The van der Waals surface area contributed by atoms with Crippen LogP contribution < -0.4 is 21.7 Å². The molecule has 2 rings (SSSR count). The summed E-state index contributed by atoms with van der Waals surface area (Å²) in [7, 11) is 1.81. The van der Waals surface area contributed by atoms with Crippen LogP contribution in [-0.2, 0) is 15.1 Å². The quantitative estimate of drug-likeness (QED) is 0.628. The zero-order valence-corrected chi connectivity index (χ0v) is 14.0. The number of aromatic amines is 1. The van der Waals surface area contributed by atoms with Crippen LogP contribution in [0.4, 0.5) is 19.0 Å². The Balaban J connectivity index is 2.98. The summed E-state index contributed by atoms with van der Waals surface area (Å²) in [6.45, 7) is 0. The molecule has 1 atom stereocenters. The zero-order chi connectivity index (χ0) is 20.6. The highest BCUT2D eigenvalue weighted by atomic mass is 19.4. The first kappa shape index (κ1) is 20.0. The molecule has 4 N–H and O–H groups in total. The molecule has 1 unspecified atom stereocenters. The van der Waals surface area contributed by atoms with Gasteiger partial charge in [-0.15, -0.1) is 0 Å². The lowest BCUT2D eigenvalue weighted by Crippen LogP contribution is -2.54. The predicted molar refractivity (Wildman–Crippen MR) is 85.6 cm³/mol. The molecule has 0 aliphatic heterocycles. The number of aliphatic hydroxyl groups is 1. The number of rotatable bonds is 4. The van der Waals surface area contributed by atoms with Gasteiger partial charge in [-0.05, 0) is 12.1 Å². The number of ether oxygens (including phenoxy) is 2. The number of nitrogens with two attached hydrogens (primary N) is 1. The monoisotopic (exact) mass is 389 g/mol. The Morgan fingerprint density at radius 1 is 1.22 bits per heavy atom. The van der Waals surface area contributed by atoms with E-state index in [0.29, 0.717) is 11.7 Å². The second-order valence-electron chi connectivity index (χ2n) is 5.23. The molecule has 0 aliphatic rings. The number of esters is 1. The fraction of sp³-hybridized carbons (Fsp3) is 0.267. The van der Waals surface area contributed by atoms with E-state index in [4.69, 9.17) is 10.5 Å². The molecule has 0 spiro atoms. The van der Waals surface area contributed by atoms with Gasteiger partial charge in [0.2, 0.25) is 0 Å². The number of nitrogens with zero attached hydrogens (tertiary/aromatic N) is 1. The van der Waals surface area contributed by atoms with Gasteiger partial charge in [0, 0.05) is 0 Å². The first-order chi connectivity index (χ1) is 12.5. The van der Waals surface area contributed by atoms with Crippen molar-refractivity contribution in [2.75, 3.05) is 20.0 Å². The fourth-order valence-electron chi connectivity index (χ4n) is 2.46. The number of hydrogen-bond acceptors (Lipinski definition) is 7. The average molecular weight is 389 g/mol. The van der Waals surface area contributed by atoms with Gasteiger partial charge < -0.3 is 20.3 Å². The molecule has 0 radical (unpaired) electrons. The third kappa shape index (κ3) is 3.03. The Kier molecular flexibility index (Phi) is 5.04. The molecule has 1 aromatic heterocycles. The van der Waals surface area contributed by atoms with Crippen LogP contribution in [0.25, 0.3) is 5.69 Å². The van der Waals surface area contributed by atoms with Gasteiger partial charge in [0.05, 0.1) is 19.9 Å². The number of H-pyrrole nitrogens is 1. The topological polar surface area (TPSA) is 137 Å². The van der Waals surface area contributed by atoms with E-state index in [1.807, 2.05) is 0 Å². The van der Waals surface area contributed by atoms with E-state index in [1.165, 1.54) is 31.4 Å². The van der Waals surface area contributed by atoms with Crippen molar-refractivity contribution in [2.45, 2.75) is 11.8 Å². The predicted octanol–water partition coefficient (Wildman–Crippen LogP) is 0.0395. The molecule has 146 valence electrons. The average Bonchev–Trinajstić information content (AvgIpc) is 2.59. The van der Waals surface area contributed by atoms with E-state index >= 15 is 0 Å². The maximum absolute atomic E-state index is 13.5. The molecule has 0 fully saturated rings. The lowest BCUT2D eigenvalue weighted by atomic mass is 9.94. The van der Waals surface area contributed by atoms with Crippen LogP contribution in [0.15, 0.2) is 33.9 Å². The molecule has 0 bridgehead atoms. The highest BCUT2D eigenvalue weighted by Gasteiger charge is 2.64. The number of methoxy groups -OCH3 is 2. The second-order valence-corrected chi connectivity index (χ2v) is 5.23. The Hall–Kier alpha value is -3.28. The van der Waals surface area contributed by atoms with Gasteiger partial charge in [-0.1, -0.05) is 12.1 Å². The van der Waals surface area contributed by atoms with Crippen LogP contribution in [0, 0.1) is 0 Å². The summed E-state index contributed by atoms with van der Waals surface area (Å²) in [4.78, 5) is 37.6. The normalized spacial score (nSPS) is 13.7. The number of anilines is 1. The molecule has 2 aromatic rings. The molecule has 0 aliphatic carbocycles. The van der Waals surface area contributed by atoms with Gasteiger partial charge in [0.1, 0.15) is 17.1 Å². The SMILES string of the molecule is COC(=O)C(O)(c1c(N)n(-c2ccccc2OC)c(=O)[nH]c1=O)C(F)(F)F. The van der Waals surface area contributed by atoms with Gasteiger partial charge in [-0.2, -0.15) is 13.2 Å². The molecule has 0 amide bonds. The zero-order valence-electron chi connectivity index (χ0n) is 14.0. The van der Waals surface area contributed by atoms with Gasteiger partial charge in [-0.25, -0.2) is 14.2 Å². The van der Waals surface area contributed by atoms with E-state index < -0.39 is 40.4 Å². The highest BCUT2D eigenvalue weighted by molar-refractivity contribution is 5.84. The molecule has 12 heteroatoms. The molecular weight excluding hydrogens is 375 g/mol. The molecule has 0 saturated heterocycles. The van der Waals surface area contributed by atoms with Crippen molar-refractivity contribution in [3.63, 3.8) is 0 Å². The largest absolute Gasteiger partial charge is 0.495 e. The number of nitrogens with one attached hydrogen (secondary N) is 1. The van der Waals surface area contributed by atoms with E-state index in [-0.39, 0.29) is 11.4 Å². The van der Waals surface area contributed by atoms with Crippen molar-refractivity contribution in [1.82, 2.24) is 9.55 Å². The number of carbonyl (C=O) groups is 1. The minimum absolute atomic E-state index is 0.0258. The Morgan fingerprint density at radius 2 is 1.81 bits per heavy atom. The fourth-order valence-corrected chi connectivity index (χ4v) is 2.46. The Labute approximate surface area is 148 Å². The summed E-state index contributed by atoms with van der Waals surface area (Å²) in [5.74, 6) is -3.28. The number of hydrogen-bond donors (Lipinski definition) is 3. The molecule has 9 nitrogen and oxygen atoms in total. The molecule has 0 saturated carbocycles. The lowest BCUT2D eigenvalue weighted by Gasteiger charge is -2.28. The van der Waals surface area contributed by atoms with Crippen molar-refractivity contribution in [3.05, 3.63) is 50.7 Å². The van der Waals surface area contributed by atoms with Gasteiger partial charge in [-0.3, -0.25) is 9.78 Å². The first-order valence-corrected chi connectivity index (χ1v) is 7.16. The van der Waals surface area contributed by atoms with Crippen LogP contribution in [-0.4, -0.2) is 41.0 Å². The van der Waals surface area contributed by atoms with Crippen LogP contribution in [0.5, 0.6) is 5.75 Å². The first-order valence-electron chi connectivity index (χ1n) is 7.16. The third-order valence-electron chi connectivity index (χ3n) is 3.73. The summed E-state index contributed by atoms with van der Waals surface area (Å²) in [5, 5.41) is 10.1. The number of para-hydroxylation sites is 2. The maximum Gasteiger partial charge on any atom is 0.432 e. The highest BCUT2D eigenvalue weighted by Crippen LogP contribution is 2.41. The van der Waals surface area contributed by atoms with E-state index in [9.17, 15) is 32.7 Å². The number of aromatic nitrogens is 2. The van der Waals surface area contributed by atoms with Crippen LogP contribution >= 0.6 is 0 Å². The number of nitrogen functional groups attached to an aromatic ring is 1. The maximum atomic E-state index is 13.5. The van der Waals surface area contributed by atoms with Gasteiger partial charge in [0.15, 0.2) is 0 Å². The van der Waals surface area contributed by atoms with Crippen molar-refractivity contribution < 1.29 is 32.5 Å². The number of halogens is 3. The summed E-state index contributed by atoms with van der Waals surface area (Å²) in [5.41, 5.74) is -3.41. The summed E-state index contributed by atoms with van der Waals surface area (Å²) in [6.07, 6.45) is -5.68. The van der Waals surface area contributed by atoms with E-state index in [0.717, 1.165) is 0 Å². The summed E-state index contributed by atoms with van der Waals surface area (Å²) < 4.78 is 50.0. The standard InChI is InChI=1S/C15H14F3N3O6/c1-26-8-6-4-3-5-7(8)21-10(19)9(11(22)20-13(21)24)14(25,12(23)27-2)15(16,17)18/h3-6,25H,19H2,1-2H3,(H,20,22,24). The van der Waals surface area contributed by atoms with Crippen LogP contribution in [0.2, 0.25) is 0 Å². The Bertz CT molecular complexity index is 998. The smallest absolute Gasteiger partial charge is 0.432 e. The molecule has 27 heavy (non-hydrogen) atoms. The van der Waals surface area contributed by atoms with Crippen molar-refractivity contribution in [3.8, 4) is 11.4 Å². The number of carbonyl (C=O) groups excluding carboxylic acids is 1. The lowest BCUT2D eigenvalue weighted by molar-refractivity contribution is -0.267. The van der Waals surface area contributed by atoms with E-state index in [1.54, 1.807) is 4.98 Å².